The first kappa shape index (κ1) is 29.9. The second-order valence-corrected chi connectivity index (χ2v) is 6.44. The molecule has 154 valence electrons. The number of benzene rings is 1. The van der Waals surface area contributed by atoms with Gasteiger partial charge in [0, 0.05) is 6.21 Å². The predicted molar refractivity (Wildman–Crippen MR) is 128 cm³/mol. The normalized spacial score (nSPS) is 10.2. The largest absolute Gasteiger partial charge is 0.308 e. The molecule has 0 aliphatic heterocycles. The Bertz CT molecular complexity index is 520. The van der Waals surface area contributed by atoms with Crippen LogP contribution in [0.1, 0.15) is 80.2 Å². The fourth-order valence-electron chi connectivity index (χ4n) is 2.46. The van der Waals surface area contributed by atoms with Crippen LogP contribution in [0, 0.1) is 11.3 Å². The number of hydrogen-bond acceptors (Lipinski definition) is 1. The molecule has 1 N–H and O–H groups in total. The minimum Gasteiger partial charge on any atom is -0.308 e. The zero-order valence-electron chi connectivity index (χ0n) is 18.1. The van der Waals surface area contributed by atoms with E-state index in [1.54, 1.807) is 0 Å². The maximum atomic E-state index is 7.35. The van der Waals surface area contributed by atoms with Crippen LogP contribution in [0.5, 0.6) is 0 Å². The fourth-order valence-corrected chi connectivity index (χ4v) is 2.46. The van der Waals surface area contributed by atoms with Gasteiger partial charge in [-0.3, -0.25) is 0 Å². The van der Waals surface area contributed by atoms with Crippen LogP contribution in [0.25, 0.3) is 0 Å². The summed E-state index contributed by atoms with van der Waals surface area (Å²) in [5.74, 6) is 0.780. The van der Waals surface area contributed by atoms with Crippen molar-refractivity contribution in [3.8, 4) is 0 Å². The number of nitrogens with one attached hydrogen (secondary N) is 1. The molecule has 0 heterocycles. The summed E-state index contributed by atoms with van der Waals surface area (Å²) in [5.41, 5.74) is 4.99. The van der Waals surface area contributed by atoms with Crippen molar-refractivity contribution in [2.24, 2.45) is 5.92 Å². The molecule has 27 heavy (non-hydrogen) atoms. The summed E-state index contributed by atoms with van der Waals surface area (Å²) < 4.78 is 0. The van der Waals surface area contributed by atoms with Crippen molar-refractivity contribution in [3.63, 3.8) is 0 Å². The molecule has 0 saturated carbocycles. The van der Waals surface area contributed by atoms with E-state index in [0.29, 0.717) is 0 Å². The first-order chi connectivity index (χ1) is 12.5. The minimum absolute atomic E-state index is 0. The van der Waals surface area contributed by atoms with Gasteiger partial charge in [-0.15, -0.1) is 0 Å². The number of hydrogen-bond donors (Lipinski definition) is 1. The highest BCUT2D eigenvalue weighted by Gasteiger charge is 2.00. The van der Waals surface area contributed by atoms with Gasteiger partial charge in [-0.2, -0.15) is 0 Å². The molecule has 0 atom stereocenters. The van der Waals surface area contributed by atoms with Gasteiger partial charge in [0.25, 0.3) is 0 Å². The molecule has 0 bridgehead atoms. The van der Waals surface area contributed by atoms with E-state index < -0.39 is 0 Å². The molecular formula is C26H45N. The van der Waals surface area contributed by atoms with Gasteiger partial charge in [-0.25, -0.2) is 0 Å². The van der Waals surface area contributed by atoms with E-state index in [2.05, 4.69) is 65.1 Å². The molecule has 0 spiro atoms. The molecule has 0 saturated heterocycles. The van der Waals surface area contributed by atoms with Gasteiger partial charge in [0.15, 0.2) is 0 Å². The molecule has 1 nitrogen and oxygen atoms in total. The van der Waals surface area contributed by atoms with Crippen molar-refractivity contribution in [1.29, 1.82) is 5.41 Å². The Kier molecular flexibility index (Phi) is 22.6. The Morgan fingerprint density at radius 3 is 1.93 bits per heavy atom. The van der Waals surface area contributed by atoms with Crippen molar-refractivity contribution in [3.05, 3.63) is 71.8 Å². The van der Waals surface area contributed by atoms with Crippen molar-refractivity contribution in [2.75, 3.05) is 0 Å². The third kappa shape index (κ3) is 16.0. The van der Waals surface area contributed by atoms with Crippen LogP contribution in [-0.4, -0.2) is 6.21 Å². The van der Waals surface area contributed by atoms with Crippen LogP contribution in [0.2, 0.25) is 0 Å². The van der Waals surface area contributed by atoms with Crippen LogP contribution < -0.4 is 0 Å². The molecule has 0 aliphatic carbocycles. The van der Waals surface area contributed by atoms with Crippen molar-refractivity contribution in [2.45, 2.75) is 81.1 Å². The zero-order chi connectivity index (χ0) is 20.4. The molecule has 0 aliphatic rings. The third-order valence-electron chi connectivity index (χ3n) is 3.94. The molecule has 1 aromatic rings. The van der Waals surface area contributed by atoms with Crippen LogP contribution >= 0.6 is 0 Å². The second kappa shape index (κ2) is 20.4. The van der Waals surface area contributed by atoms with Gasteiger partial charge in [0.2, 0.25) is 0 Å². The summed E-state index contributed by atoms with van der Waals surface area (Å²) in [6.07, 6.45) is 8.54. The Labute approximate surface area is 170 Å². The average Bonchev–Trinajstić information content (AvgIpc) is 2.67. The topological polar surface area (TPSA) is 23.9 Å². The number of rotatable bonds is 9. The molecule has 0 aromatic heterocycles. The maximum absolute atomic E-state index is 7.35. The van der Waals surface area contributed by atoms with Crippen molar-refractivity contribution >= 4 is 6.21 Å². The maximum Gasteiger partial charge on any atom is 0.0212 e. The standard InChI is InChI=1S/C15H19N.C8H16.C2H6.CH4/c1-3-14(15(4-2)12-16)11-10-13-8-6-5-7-9-13;1-5-8(4)6-7(2)3;1-2;/h3,5-9,12,16H,1,4,10-11H2,2H3;7H,4-6H2,1-3H3;1-2H3;1H4/b15-14-,16-12?;;;. The van der Waals surface area contributed by atoms with E-state index in [1.807, 2.05) is 26.0 Å². The summed E-state index contributed by atoms with van der Waals surface area (Å²) in [5, 5.41) is 7.35. The first-order valence-electron chi connectivity index (χ1n) is 10.0. The lowest BCUT2D eigenvalue weighted by Crippen LogP contribution is -1.93. The van der Waals surface area contributed by atoms with Crippen molar-refractivity contribution < 1.29 is 0 Å². The predicted octanol–water partition coefficient (Wildman–Crippen LogP) is 8.82. The van der Waals surface area contributed by atoms with Gasteiger partial charge in [-0.1, -0.05) is 104 Å². The van der Waals surface area contributed by atoms with Gasteiger partial charge in [-0.05, 0) is 54.7 Å². The molecule has 1 aromatic carbocycles. The Morgan fingerprint density at radius 1 is 1.04 bits per heavy atom. The summed E-state index contributed by atoms with van der Waals surface area (Å²) in [4.78, 5) is 0. The summed E-state index contributed by atoms with van der Waals surface area (Å²) in [6.45, 7) is 20.4. The molecule has 1 rings (SSSR count). The lowest BCUT2D eigenvalue weighted by molar-refractivity contribution is 0.632. The zero-order valence-corrected chi connectivity index (χ0v) is 18.1. The van der Waals surface area contributed by atoms with Gasteiger partial charge in [0.05, 0.1) is 0 Å². The smallest absolute Gasteiger partial charge is 0.0212 e. The third-order valence-corrected chi connectivity index (χ3v) is 3.94. The fraction of sp³-hybridized carbons (Fsp3) is 0.500. The van der Waals surface area contributed by atoms with E-state index in [-0.39, 0.29) is 7.43 Å². The molecule has 0 unspecified atom stereocenters. The van der Waals surface area contributed by atoms with Gasteiger partial charge in [0.1, 0.15) is 0 Å². The van der Waals surface area contributed by atoms with E-state index >= 15 is 0 Å². The summed E-state index contributed by atoms with van der Waals surface area (Å²) in [7, 11) is 0. The van der Waals surface area contributed by atoms with Gasteiger partial charge < -0.3 is 5.41 Å². The number of aryl methyl sites for hydroxylation is 1. The molecule has 0 radical (unpaired) electrons. The van der Waals surface area contributed by atoms with E-state index in [0.717, 1.165) is 37.2 Å². The van der Waals surface area contributed by atoms with Crippen LogP contribution in [0.3, 0.4) is 0 Å². The second-order valence-electron chi connectivity index (χ2n) is 6.44. The molecular weight excluding hydrogens is 326 g/mol. The number of allylic oxidation sites excluding steroid dienone is 4. The quantitative estimate of drug-likeness (QED) is 0.255. The lowest BCUT2D eigenvalue weighted by atomic mass is 9.99. The van der Waals surface area contributed by atoms with Crippen LogP contribution in [0.15, 0.2) is 66.3 Å². The highest BCUT2D eigenvalue weighted by atomic mass is 14.3. The summed E-state index contributed by atoms with van der Waals surface area (Å²) in [6, 6.07) is 10.4. The molecule has 0 fully saturated rings. The highest BCUT2D eigenvalue weighted by Crippen LogP contribution is 2.15. The van der Waals surface area contributed by atoms with Gasteiger partial charge >= 0.3 is 0 Å². The van der Waals surface area contributed by atoms with E-state index in [4.69, 9.17) is 5.41 Å². The van der Waals surface area contributed by atoms with Crippen LogP contribution in [-0.2, 0) is 6.42 Å². The van der Waals surface area contributed by atoms with Crippen molar-refractivity contribution in [1.82, 2.24) is 0 Å². The Balaban J connectivity index is -0.000000447. The Hall–Kier alpha value is -1.89. The Morgan fingerprint density at radius 2 is 1.59 bits per heavy atom. The first-order valence-corrected chi connectivity index (χ1v) is 10.0. The monoisotopic (exact) mass is 371 g/mol. The summed E-state index contributed by atoms with van der Waals surface area (Å²) >= 11 is 0. The van der Waals surface area contributed by atoms with E-state index in [1.165, 1.54) is 29.3 Å². The average molecular weight is 372 g/mol. The molecule has 0 amide bonds. The van der Waals surface area contributed by atoms with Crippen LogP contribution in [0.4, 0.5) is 0 Å². The highest BCUT2D eigenvalue weighted by molar-refractivity contribution is 5.77. The minimum atomic E-state index is 0. The van der Waals surface area contributed by atoms with E-state index in [9.17, 15) is 0 Å². The molecule has 1 heteroatoms. The SMILES string of the molecule is C.C=C(CC)CC(C)C.C=C/C(CCc1ccccc1)=C(/C=N)CC.CC. The lowest BCUT2D eigenvalue weighted by Gasteiger charge is -2.06.